The lowest BCUT2D eigenvalue weighted by Crippen LogP contribution is -2.56. The predicted octanol–water partition coefficient (Wildman–Crippen LogP) is 4.27. The first-order chi connectivity index (χ1) is 14.8. The Morgan fingerprint density at radius 2 is 1.77 bits per heavy atom. The number of rotatable bonds is 4. The Labute approximate surface area is 183 Å². The van der Waals surface area contributed by atoms with Crippen LogP contribution in [0.5, 0.6) is 5.75 Å². The normalized spacial score (nSPS) is 19.6. The maximum absolute atomic E-state index is 11.3. The summed E-state index contributed by atoms with van der Waals surface area (Å²) in [5.74, 6) is 1.25. The molecule has 0 unspecified atom stereocenters. The number of aromatic nitrogens is 2. The molecule has 1 fully saturated rings. The Balaban J connectivity index is 1.50. The van der Waals surface area contributed by atoms with E-state index in [1.165, 1.54) is 12.5 Å². The van der Waals surface area contributed by atoms with Crippen molar-refractivity contribution < 1.29 is 9.53 Å². The molecule has 31 heavy (non-hydrogen) atoms. The summed E-state index contributed by atoms with van der Waals surface area (Å²) in [6.45, 7) is 12.6. The van der Waals surface area contributed by atoms with Crippen LogP contribution in [0.4, 0.5) is 5.82 Å². The van der Waals surface area contributed by atoms with Crippen molar-refractivity contribution in [2.45, 2.75) is 53.2 Å². The second kappa shape index (κ2) is 8.63. The Morgan fingerprint density at radius 1 is 1.03 bits per heavy atom. The smallest absolute Gasteiger partial charge is 0.308 e. The van der Waals surface area contributed by atoms with E-state index in [2.05, 4.69) is 53.8 Å². The van der Waals surface area contributed by atoms with Gasteiger partial charge < -0.3 is 9.64 Å². The van der Waals surface area contributed by atoms with Crippen LogP contribution in [0.15, 0.2) is 42.6 Å². The minimum absolute atomic E-state index is 0.293. The van der Waals surface area contributed by atoms with Crippen LogP contribution in [0.2, 0.25) is 0 Å². The Kier molecular flexibility index (Phi) is 5.92. The zero-order chi connectivity index (χ0) is 22.1. The molecule has 1 aromatic heterocycles. The van der Waals surface area contributed by atoms with E-state index in [-0.39, 0.29) is 5.97 Å². The molecule has 0 radical (unpaired) electrons. The molecule has 0 N–H and O–H groups in total. The van der Waals surface area contributed by atoms with Gasteiger partial charge in [0.05, 0.1) is 17.2 Å². The fourth-order valence-corrected chi connectivity index (χ4v) is 4.47. The first-order valence-electron chi connectivity index (χ1n) is 10.8. The Hall–Kier alpha value is -2.99. The third-order valence-corrected chi connectivity index (χ3v) is 5.85. The van der Waals surface area contributed by atoms with E-state index in [1.807, 2.05) is 31.3 Å². The van der Waals surface area contributed by atoms with Crippen molar-refractivity contribution in [3.05, 3.63) is 59.3 Å². The second-order valence-corrected chi connectivity index (χ2v) is 8.74. The predicted molar refractivity (Wildman–Crippen MR) is 123 cm³/mol. The number of piperazine rings is 1. The van der Waals surface area contributed by atoms with Gasteiger partial charge >= 0.3 is 5.97 Å². The Morgan fingerprint density at radius 3 is 2.48 bits per heavy atom. The van der Waals surface area contributed by atoms with Crippen LogP contribution in [-0.4, -0.2) is 46.0 Å². The number of carbonyl (C=O) groups is 1. The summed E-state index contributed by atoms with van der Waals surface area (Å²) in [6.07, 6.45) is 1.89. The molecule has 0 saturated carbocycles. The van der Waals surface area contributed by atoms with Gasteiger partial charge in [-0.3, -0.25) is 14.7 Å². The third-order valence-electron chi connectivity index (χ3n) is 5.85. The van der Waals surface area contributed by atoms with E-state index in [4.69, 9.17) is 9.72 Å². The van der Waals surface area contributed by atoms with E-state index >= 15 is 0 Å². The van der Waals surface area contributed by atoms with Crippen molar-refractivity contribution in [3.8, 4) is 5.75 Å². The van der Waals surface area contributed by atoms with E-state index < -0.39 is 0 Å². The van der Waals surface area contributed by atoms with Crippen molar-refractivity contribution in [2.75, 3.05) is 18.0 Å². The molecule has 1 aliphatic rings. The molecule has 0 aliphatic carbocycles. The summed E-state index contributed by atoms with van der Waals surface area (Å²) in [4.78, 5) is 25.7. The largest absolute Gasteiger partial charge is 0.427 e. The molecule has 0 spiro atoms. The van der Waals surface area contributed by atoms with Crippen LogP contribution in [0.1, 0.15) is 37.5 Å². The number of nitrogens with zero attached hydrogens (tertiary/aromatic N) is 4. The van der Waals surface area contributed by atoms with Crippen LogP contribution in [0, 0.1) is 13.8 Å². The SMILES string of the molecule is CC(=O)Oc1cc(C)cc(CN2[C@H](C)CN(c3cnc4cc(C)ccc4n3)C[C@@H]2C)c1. The van der Waals surface area contributed by atoms with Crippen LogP contribution in [-0.2, 0) is 11.3 Å². The molecule has 6 heteroatoms. The summed E-state index contributed by atoms with van der Waals surface area (Å²) >= 11 is 0. The summed E-state index contributed by atoms with van der Waals surface area (Å²) < 4.78 is 5.32. The number of fused-ring (bicyclic) bond motifs is 1. The topological polar surface area (TPSA) is 58.6 Å². The molecule has 2 atom stereocenters. The number of benzene rings is 2. The maximum Gasteiger partial charge on any atom is 0.308 e. The fraction of sp³-hybridized carbons (Fsp3) is 0.400. The van der Waals surface area contributed by atoms with Crippen molar-refractivity contribution >= 4 is 22.8 Å². The molecule has 3 aromatic rings. The second-order valence-electron chi connectivity index (χ2n) is 8.74. The van der Waals surface area contributed by atoms with E-state index in [1.54, 1.807) is 0 Å². The van der Waals surface area contributed by atoms with Gasteiger partial charge in [-0.2, -0.15) is 0 Å². The van der Waals surface area contributed by atoms with Crippen molar-refractivity contribution in [3.63, 3.8) is 0 Å². The highest BCUT2D eigenvalue weighted by Crippen LogP contribution is 2.26. The number of carbonyl (C=O) groups excluding carboxylic acids is 1. The summed E-state index contributed by atoms with van der Waals surface area (Å²) in [5, 5.41) is 0. The van der Waals surface area contributed by atoms with Crippen LogP contribution in [0.3, 0.4) is 0 Å². The first kappa shape index (κ1) is 21.2. The van der Waals surface area contributed by atoms with Crippen LogP contribution < -0.4 is 9.64 Å². The zero-order valence-corrected chi connectivity index (χ0v) is 18.9. The molecule has 6 nitrogen and oxygen atoms in total. The van der Waals surface area contributed by atoms with E-state index in [0.29, 0.717) is 17.8 Å². The van der Waals surface area contributed by atoms with Gasteiger partial charge in [0.2, 0.25) is 0 Å². The molecule has 0 amide bonds. The van der Waals surface area contributed by atoms with Gasteiger partial charge in [-0.25, -0.2) is 4.98 Å². The lowest BCUT2D eigenvalue weighted by atomic mass is 10.0. The lowest BCUT2D eigenvalue weighted by Gasteiger charge is -2.45. The van der Waals surface area contributed by atoms with Crippen molar-refractivity contribution in [1.29, 1.82) is 0 Å². The standard InChI is InChI=1S/C25H30N4O2/c1-16-6-7-23-24(10-16)26-12-25(27-23)28-13-18(3)29(19(4)14-28)15-21-8-17(2)9-22(11-21)31-20(5)30/h6-12,18-19H,13-15H2,1-5H3/t18-,19+. The molecular formula is C25H30N4O2. The summed E-state index contributed by atoms with van der Waals surface area (Å²) in [6, 6.07) is 12.9. The monoisotopic (exact) mass is 418 g/mol. The Bertz CT molecular complexity index is 1100. The summed E-state index contributed by atoms with van der Waals surface area (Å²) in [5.41, 5.74) is 5.31. The number of anilines is 1. The molecule has 1 aliphatic heterocycles. The zero-order valence-electron chi connectivity index (χ0n) is 18.9. The number of aryl methyl sites for hydroxylation is 2. The highest BCUT2D eigenvalue weighted by atomic mass is 16.5. The molecule has 162 valence electrons. The van der Waals surface area contributed by atoms with Gasteiger partial charge in [0.15, 0.2) is 0 Å². The van der Waals surface area contributed by atoms with E-state index in [9.17, 15) is 4.79 Å². The number of hydrogen-bond acceptors (Lipinski definition) is 6. The van der Waals surface area contributed by atoms with Gasteiger partial charge in [0.25, 0.3) is 0 Å². The minimum atomic E-state index is -0.293. The third kappa shape index (κ3) is 4.85. The van der Waals surface area contributed by atoms with Crippen molar-refractivity contribution in [1.82, 2.24) is 14.9 Å². The van der Waals surface area contributed by atoms with Gasteiger partial charge in [-0.05, 0) is 68.7 Å². The van der Waals surface area contributed by atoms with Gasteiger partial charge in [0.1, 0.15) is 11.6 Å². The number of esters is 1. The van der Waals surface area contributed by atoms with Crippen LogP contribution in [0.25, 0.3) is 11.0 Å². The molecule has 0 bridgehead atoms. The number of hydrogen-bond donors (Lipinski definition) is 0. The number of ether oxygens (including phenoxy) is 1. The molecule has 4 rings (SSSR count). The lowest BCUT2D eigenvalue weighted by molar-refractivity contribution is -0.131. The van der Waals surface area contributed by atoms with Gasteiger partial charge in [-0.1, -0.05) is 12.1 Å². The molecule has 2 heterocycles. The maximum atomic E-state index is 11.3. The van der Waals surface area contributed by atoms with Gasteiger partial charge in [-0.15, -0.1) is 0 Å². The highest BCUT2D eigenvalue weighted by molar-refractivity contribution is 5.76. The molecular weight excluding hydrogens is 388 g/mol. The molecule has 1 saturated heterocycles. The summed E-state index contributed by atoms with van der Waals surface area (Å²) in [7, 11) is 0. The fourth-order valence-electron chi connectivity index (χ4n) is 4.47. The molecule has 2 aromatic carbocycles. The van der Waals surface area contributed by atoms with Crippen molar-refractivity contribution in [2.24, 2.45) is 0 Å². The first-order valence-corrected chi connectivity index (χ1v) is 10.8. The average molecular weight is 419 g/mol. The van der Waals surface area contributed by atoms with Gasteiger partial charge in [0, 0.05) is 38.6 Å². The highest BCUT2D eigenvalue weighted by Gasteiger charge is 2.30. The van der Waals surface area contributed by atoms with Crippen LogP contribution >= 0.6 is 0 Å². The quantitative estimate of drug-likeness (QED) is 0.466. The minimum Gasteiger partial charge on any atom is -0.427 e. The van der Waals surface area contributed by atoms with E-state index in [0.717, 1.165) is 47.6 Å². The average Bonchev–Trinajstić information content (AvgIpc) is 2.69.